The van der Waals surface area contributed by atoms with Crippen LogP contribution in [0, 0.1) is 0 Å². The van der Waals surface area contributed by atoms with E-state index < -0.39 is 11.7 Å². The summed E-state index contributed by atoms with van der Waals surface area (Å²) < 4.78 is 37.6. The molecule has 0 spiro atoms. The van der Waals surface area contributed by atoms with Crippen molar-refractivity contribution in [2.45, 2.75) is 29.6 Å². The van der Waals surface area contributed by atoms with Crippen LogP contribution < -0.4 is 0 Å². The van der Waals surface area contributed by atoms with Crippen molar-refractivity contribution in [1.82, 2.24) is 15.0 Å². The van der Waals surface area contributed by atoms with E-state index in [4.69, 9.17) is 0 Å². The first-order valence-corrected chi connectivity index (χ1v) is 8.05. The molecule has 0 aromatic carbocycles. The van der Waals surface area contributed by atoms with Gasteiger partial charge in [-0.15, -0.1) is 11.3 Å². The van der Waals surface area contributed by atoms with Crippen molar-refractivity contribution in [1.29, 1.82) is 0 Å². The Morgan fingerprint density at radius 1 is 1.18 bits per heavy atom. The Morgan fingerprint density at radius 2 is 2.00 bits per heavy atom. The van der Waals surface area contributed by atoms with Crippen molar-refractivity contribution in [3.05, 3.63) is 41.2 Å². The van der Waals surface area contributed by atoms with Crippen LogP contribution >= 0.6 is 23.1 Å². The lowest BCUT2D eigenvalue weighted by Crippen LogP contribution is -2.05. The Hall–Kier alpha value is -1.67. The second-order valence-electron chi connectivity index (χ2n) is 4.45. The molecular formula is C14H10F3N3S2. The molecule has 0 aliphatic rings. The third-order valence-electron chi connectivity index (χ3n) is 2.96. The van der Waals surface area contributed by atoms with Gasteiger partial charge in [0.2, 0.25) is 0 Å². The van der Waals surface area contributed by atoms with Crippen LogP contribution in [0.15, 0.2) is 40.8 Å². The van der Waals surface area contributed by atoms with Gasteiger partial charge in [-0.2, -0.15) is 13.2 Å². The normalized spacial score (nSPS) is 12.0. The number of fused-ring (bicyclic) bond motifs is 1. The number of hydrogen-bond donors (Lipinski definition) is 0. The highest BCUT2D eigenvalue weighted by atomic mass is 32.2. The summed E-state index contributed by atoms with van der Waals surface area (Å²) in [6.45, 7) is 2.06. The second-order valence-corrected chi connectivity index (χ2v) is 6.57. The van der Waals surface area contributed by atoms with E-state index in [0.29, 0.717) is 10.1 Å². The van der Waals surface area contributed by atoms with Crippen LogP contribution in [0.4, 0.5) is 13.2 Å². The number of thiophene rings is 1. The van der Waals surface area contributed by atoms with Crippen LogP contribution in [-0.4, -0.2) is 15.0 Å². The van der Waals surface area contributed by atoms with Crippen molar-refractivity contribution < 1.29 is 13.2 Å². The third-order valence-corrected chi connectivity index (χ3v) is 5.11. The van der Waals surface area contributed by atoms with E-state index >= 15 is 0 Å². The molecule has 0 N–H and O–H groups in total. The fourth-order valence-electron chi connectivity index (χ4n) is 1.85. The molecule has 0 aliphatic carbocycles. The molecule has 0 saturated heterocycles. The van der Waals surface area contributed by atoms with Crippen molar-refractivity contribution in [2.24, 2.45) is 0 Å². The lowest BCUT2D eigenvalue weighted by Gasteiger charge is -2.06. The Kier molecular flexibility index (Phi) is 4.05. The summed E-state index contributed by atoms with van der Waals surface area (Å²) in [4.78, 5) is 14.4. The van der Waals surface area contributed by atoms with Gasteiger partial charge in [0.05, 0.1) is 5.56 Å². The summed E-state index contributed by atoms with van der Waals surface area (Å²) in [7, 11) is 0. The quantitative estimate of drug-likeness (QED) is 0.640. The maximum atomic E-state index is 12.5. The lowest BCUT2D eigenvalue weighted by atomic mass is 10.3. The molecule has 8 heteroatoms. The highest BCUT2D eigenvalue weighted by molar-refractivity contribution is 7.99. The highest BCUT2D eigenvalue weighted by Gasteiger charge is 2.30. The first-order valence-electron chi connectivity index (χ1n) is 6.42. The van der Waals surface area contributed by atoms with Gasteiger partial charge in [-0.3, -0.25) is 0 Å². The van der Waals surface area contributed by atoms with Crippen LogP contribution in [0.3, 0.4) is 0 Å². The van der Waals surface area contributed by atoms with E-state index in [1.54, 1.807) is 11.3 Å². The lowest BCUT2D eigenvalue weighted by molar-refractivity contribution is -0.137. The second kappa shape index (κ2) is 5.85. The average Bonchev–Trinajstić information content (AvgIpc) is 2.91. The SMILES string of the molecule is CCc1cc2c(Sc3ccc(C(F)(F)F)cn3)ncnc2s1. The number of pyridine rings is 1. The Labute approximate surface area is 132 Å². The van der Waals surface area contributed by atoms with Gasteiger partial charge in [-0.25, -0.2) is 15.0 Å². The van der Waals surface area contributed by atoms with Gasteiger partial charge < -0.3 is 0 Å². The molecule has 3 heterocycles. The molecule has 0 unspecified atom stereocenters. The molecule has 3 aromatic heterocycles. The highest BCUT2D eigenvalue weighted by Crippen LogP contribution is 2.35. The largest absolute Gasteiger partial charge is 0.417 e. The molecule has 0 fully saturated rings. The Bertz CT molecular complexity index is 797. The number of hydrogen-bond acceptors (Lipinski definition) is 5. The smallest absolute Gasteiger partial charge is 0.249 e. The van der Waals surface area contributed by atoms with Crippen molar-refractivity contribution in [3.8, 4) is 0 Å². The van der Waals surface area contributed by atoms with Crippen LogP contribution in [0.25, 0.3) is 10.2 Å². The molecule has 0 saturated carbocycles. The average molecular weight is 341 g/mol. The molecule has 3 aromatic rings. The zero-order valence-corrected chi connectivity index (χ0v) is 13.0. The summed E-state index contributed by atoms with van der Waals surface area (Å²) in [5, 5.41) is 2.08. The molecule has 0 bridgehead atoms. The van der Waals surface area contributed by atoms with Gasteiger partial charge in [0.25, 0.3) is 0 Å². The van der Waals surface area contributed by atoms with Gasteiger partial charge in [-0.05, 0) is 36.4 Å². The Balaban J connectivity index is 1.91. The molecule has 22 heavy (non-hydrogen) atoms. The minimum Gasteiger partial charge on any atom is -0.249 e. The summed E-state index contributed by atoms with van der Waals surface area (Å²) in [6.07, 6.45) is -1.16. The Morgan fingerprint density at radius 3 is 2.64 bits per heavy atom. The maximum Gasteiger partial charge on any atom is 0.417 e. The monoisotopic (exact) mass is 341 g/mol. The van der Waals surface area contributed by atoms with Crippen molar-refractivity contribution in [2.75, 3.05) is 0 Å². The van der Waals surface area contributed by atoms with Gasteiger partial charge in [0, 0.05) is 16.5 Å². The summed E-state index contributed by atoms with van der Waals surface area (Å²) in [5.74, 6) is 0. The summed E-state index contributed by atoms with van der Waals surface area (Å²) >= 11 is 2.83. The number of nitrogens with zero attached hydrogens (tertiary/aromatic N) is 3. The van der Waals surface area contributed by atoms with E-state index in [1.807, 2.05) is 6.07 Å². The molecular weight excluding hydrogens is 331 g/mol. The van der Waals surface area contributed by atoms with E-state index in [1.165, 1.54) is 29.0 Å². The van der Waals surface area contributed by atoms with E-state index in [-0.39, 0.29) is 0 Å². The van der Waals surface area contributed by atoms with Crippen LogP contribution in [0.1, 0.15) is 17.4 Å². The zero-order valence-electron chi connectivity index (χ0n) is 11.4. The zero-order chi connectivity index (χ0) is 15.7. The first-order chi connectivity index (χ1) is 10.5. The van der Waals surface area contributed by atoms with E-state index in [2.05, 4.69) is 21.9 Å². The van der Waals surface area contributed by atoms with E-state index in [9.17, 15) is 13.2 Å². The fourth-order valence-corrected chi connectivity index (χ4v) is 3.65. The first kappa shape index (κ1) is 15.2. The standard InChI is InChI=1S/C14H10F3N3S2/c1-2-9-5-10-12(21-9)19-7-20-13(10)22-11-4-3-8(6-18-11)14(15,16)17/h3-7H,2H2,1H3. The number of halogens is 3. The van der Waals surface area contributed by atoms with Gasteiger partial charge >= 0.3 is 6.18 Å². The van der Waals surface area contributed by atoms with Crippen LogP contribution in [0.5, 0.6) is 0 Å². The van der Waals surface area contributed by atoms with E-state index in [0.717, 1.165) is 28.9 Å². The molecule has 0 radical (unpaired) electrons. The third kappa shape index (κ3) is 3.07. The molecule has 3 rings (SSSR count). The van der Waals surface area contributed by atoms with Crippen molar-refractivity contribution in [3.63, 3.8) is 0 Å². The molecule has 3 nitrogen and oxygen atoms in total. The van der Waals surface area contributed by atoms with Crippen LogP contribution in [0.2, 0.25) is 0 Å². The minimum atomic E-state index is -4.37. The summed E-state index contributed by atoms with van der Waals surface area (Å²) in [6, 6.07) is 4.40. The topological polar surface area (TPSA) is 38.7 Å². The molecule has 0 atom stereocenters. The summed E-state index contributed by atoms with van der Waals surface area (Å²) in [5.41, 5.74) is -0.756. The van der Waals surface area contributed by atoms with Crippen LogP contribution in [-0.2, 0) is 12.6 Å². The van der Waals surface area contributed by atoms with Gasteiger partial charge in [0.1, 0.15) is 21.2 Å². The minimum absolute atomic E-state index is 0.470. The fraction of sp³-hybridized carbons (Fsp3) is 0.214. The molecule has 0 amide bonds. The number of aromatic nitrogens is 3. The predicted octanol–water partition coefficient (Wildman–Crippen LogP) is 4.82. The molecule has 0 aliphatic heterocycles. The molecule has 114 valence electrons. The number of aryl methyl sites for hydroxylation is 1. The maximum absolute atomic E-state index is 12.5. The number of alkyl halides is 3. The van der Waals surface area contributed by atoms with Gasteiger partial charge in [0.15, 0.2) is 0 Å². The van der Waals surface area contributed by atoms with Gasteiger partial charge in [-0.1, -0.05) is 6.92 Å². The number of rotatable bonds is 3. The van der Waals surface area contributed by atoms with Crippen molar-refractivity contribution >= 4 is 33.3 Å². The predicted molar refractivity (Wildman–Crippen MR) is 80.2 cm³/mol.